The molecule has 5 N–H and O–H groups in total. The van der Waals surface area contributed by atoms with Gasteiger partial charge in [-0.15, -0.1) is 0 Å². The molecule has 294 valence electrons. The molecule has 0 spiro atoms. The van der Waals surface area contributed by atoms with Gasteiger partial charge in [0.05, 0.1) is 111 Å². The van der Waals surface area contributed by atoms with Crippen molar-refractivity contribution >= 4 is 33.7 Å². The van der Waals surface area contributed by atoms with E-state index in [1.807, 2.05) is 23.0 Å². The molecule has 0 unspecified atom stereocenters. The maximum Gasteiger partial charge on any atom is 0.163 e. The van der Waals surface area contributed by atoms with Crippen molar-refractivity contribution in [3.63, 3.8) is 0 Å². The lowest BCUT2D eigenvalue weighted by Gasteiger charge is -2.08. The van der Waals surface area contributed by atoms with Crippen LogP contribution in [-0.4, -0.2) is 148 Å². The van der Waals surface area contributed by atoms with E-state index in [1.54, 1.807) is 6.20 Å². The fourth-order valence-corrected chi connectivity index (χ4v) is 5.25. The second kappa shape index (κ2) is 26.2. The van der Waals surface area contributed by atoms with Crippen LogP contribution in [0.1, 0.15) is 32.1 Å². The lowest BCUT2D eigenvalue weighted by atomic mass is 10.1. The number of carbonyl (C=O) groups is 1. The number of hydrogen-bond donors (Lipinski definition) is 3. The molecule has 0 saturated carbocycles. The highest BCUT2D eigenvalue weighted by Gasteiger charge is 2.18. The first-order chi connectivity index (χ1) is 26.2. The van der Waals surface area contributed by atoms with Crippen LogP contribution in [0.15, 0.2) is 30.9 Å². The summed E-state index contributed by atoms with van der Waals surface area (Å²) in [6, 6.07) is 3.99. The number of aromatic nitrogens is 6. The van der Waals surface area contributed by atoms with Crippen molar-refractivity contribution in [2.75, 3.05) is 118 Å². The number of nitrogen functional groups attached to an aromatic ring is 1. The second-order valence-electron chi connectivity index (χ2n) is 12.0. The molecule has 53 heavy (non-hydrogen) atoms. The quantitative estimate of drug-likeness (QED) is 0.0598. The van der Waals surface area contributed by atoms with Crippen LogP contribution in [0, 0.1) is 0 Å². The average molecular weight is 745 g/mol. The van der Waals surface area contributed by atoms with Crippen LogP contribution in [0.4, 0.5) is 5.82 Å². The number of aryl methyl sites for hydroxylation is 1. The van der Waals surface area contributed by atoms with E-state index in [4.69, 9.17) is 54.5 Å². The highest BCUT2D eigenvalue weighted by atomic mass is 16.6. The van der Waals surface area contributed by atoms with Gasteiger partial charge >= 0.3 is 0 Å². The molecule has 0 saturated heterocycles. The first kappa shape index (κ1) is 42.1. The Balaban J connectivity index is 0.905. The van der Waals surface area contributed by atoms with Gasteiger partial charge in [0, 0.05) is 49.3 Å². The summed E-state index contributed by atoms with van der Waals surface area (Å²) in [7, 11) is 0. The third kappa shape index (κ3) is 16.1. The van der Waals surface area contributed by atoms with Gasteiger partial charge in [0.15, 0.2) is 5.65 Å². The zero-order chi connectivity index (χ0) is 37.2. The maximum atomic E-state index is 12.3. The summed E-state index contributed by atoms with van der Waals surface area (Å²) >= 11 is 0. The van der Waals surface area contributed by atoms with Gasteiger partial charge in [-0.05, 0) is 25.0 Å². The van der Waals surface area contributed by atoms with Crippen molar-refractivity contribution in [1.29, 1.82) is 0 Å². The number of ketones is 1. The number of pyridine rings is 1. The van der Waals surface area contributed by atoms with Crippen molar-refractivity contribution in [3.8, 4) is 11.3 Å². The minimum atomic E-state index is 0.195. The number of rotatable bonds is 33. The predicted octanol–water partition coefficient (Wildman–Crippen LogP) is 2.56. The normalized spacial score (nSPS) is 11.7. The third-order valence-corrected chi connectivity index (χ3v) is 7.95. The molecule has 0 fully saturated rings. The molecule has 4 rings (SSSR count). The average Bonchev–Trinajstić information content (AvgIpc) is 3.80. The number of nitrogens with two attached hydrogens (primary N) is 2. The SMILES string of the molecule is NCCOCCOCCOCCOCCOCCOCCOCCOCCC(=O)CCCCCn1nc(-c2cnc3[nH]ccc3c2)c2c(N)ncnc21. The van der Waals surface area contributed by atoms with Crippen LogP contribution in [0.3, 0.4) is 0 Å². The topological polar surface area (TPSA) is 215 Å². The number of anilines is 1. The standard InChI is InChI=1S/C36H56N8O9/c37-7-11-47-13-15-49-17-19-51-21-23-53-25-24-52-22-20-50-18-16-48-14-12-46-10-6-31(45)4-2-1-3-9-44-36-32(34(38)41-28-42-36)33(43-44)30-26-29-5-8-39-35(29)40-27-30/h5,8,26-28H,1-4,6-7,9-25,37H2,(H,39,40)(H2,38,41,42). The van der Waals surface area contributed by atoms with Crippen molar-refractivity contribution in [2.24, 2.45) is 5.73 Å². The molecule has 0 amide bonds. The summed E-state index contributed by atoms with van der Waals surface area (Å²) in [5.41, 5.74) is 14.6. The molecule has 4 aromatic heterocycles. The lowest BCUT2D eigenvalue weighted by Crippen LogP contribution is -2.15. The number of hydrogen-bond acceptors (Lipinski definition) is 15. The van der Waals surface area contributed by atoms with Crippen molar-refractivity contribution in [2.45, 2.75) is 38.6 Å². The van der Waals surface area contributed by atoms with Gasteiger partial charge < -0.3 is 54.3 Å². The number of nitrogens with zero attached hydrogens (tertiary/aromatic N) is 5. The summed E-state index contributed by atoms with van der Waals surface area (Å²) in [6.07, 6.45) is 8.55. The number of H-pyrrole nitrogens is 1. The molecule has 0 aliphatic carbocycles. The molecular formula is C36H56N8O9. The van der Waals surface area contributed by atoms with Crippen molar-refractivity contribution in [3.05, 3.63) is 30.9 Å². The molecule has 17 heteroatoms. The third-order valence-electron chi connectivity index (χ3n) is 7.95. The minimum absolute atomic E-state index is 0.195. The van der Waals surface area contributed by atoms with Gasteiger partial charge in [0.25, 0.3) is 0 Å². The molecule has 0 bridgehead atoms. The molecule has 17 nitrogen and oxygen atoms in total. The van der Waals surface area contributed by atoms with E-state index >= 15 is 0 Å². The highest BCUT2D eigenvalue weighted by molar-refractivity contribution is 5.99. The number of unbranched alkanes of at least 4 members (excludes halogenated alkanes) is 2. The molecule has 0 radical (unpaired) electrons. The summed E-state index contributed by atoms with van der Waals surface area (Å²) < 4.78 is 45.4. The largest absolute Gasteiger partial charge is 0.383 e. The van der Waals surface area contributed by atoms with E-state index in [0.29, 0.717) is 149 Å². The molecular weight excluding hydrogens is 688 g/mol. The predicted molar refractivity (Wildman–Crippen MR) is 199 cm³/mol. The van der Waals surface area contributed by atoms with Crippen LogP contribution in [0.25, 0.3) is 33.3 Å². The van der Waals surface area contributed by atoms with Crippen molar-refractivity contribution in [1.82, 2.24) is 29.7 Å². The number of nitrogens with one attached hydrogen (secondary N) is 1. The van der Waals surface area contributed by atoms with Crippen LogP contribution >= 0.6 is 0 Å². The van der Waals surface area contributed by atoms with E-state index in [0.717, 1.165) is 41.2 Å². The van der Waals surface area contributed by atoms with E-state index < -0.39 is 0 Å². The van der Waals surface area contributed by atoms with E-state index in [-0.39, 0.29) is 5.78 Å². The number of carbonyl (C=O) groups excluding carboxylic acids is 1. The fraction of sp³-hybridized carbons (Fsp3) is 0.639. The number of fused-ring (bicyclic) bond motifs is 2. The summed E-state index contributed by atoms with van der Waals surface area (Å²) in [5, 5.41) is 6.54. The Morgan fingerprint density at radius 2 is 1.25 bits per heavy atom. The molecule has 0 atom stereocenters. The Labute approximate surface area is 310 Å². The van der Waals surface area contributed by atoms with E-state index in [9.17, 15) is 4.79 Å². The summed E-state index contributed by atoms with van der Waals surface area (Å²) in [5.74, 6) is 0.578. The summed E-state index contributed by atoms with van der Waals surface area (Å²) in [4.78, 5) is 28.6. The smallest absolute Gasteiger partial charge is 0.163 e. The highest BCUT2D eigenvalue weighted by Crippen LogP contribution is 2.31. The van der Waals surface area contributed by atoms with Crippen LogP contribution < -0.4 is 11.5 Å². The number of Topliss-reactive ketones (excluding diaryl/α,β-unsaturated/α-hetero) is 1. The monoisotopic (exact) mass is 744 g/mol. The fourth-order valence-electron chi connectivity index (χ4n) is 5.25. The number of aromatic amines is 1. The zero-order valence-electron chi connectivity index (χ0n) is 30.7. The van der Waals surface area contributed by atoms with Gasteiger partial charge in [-0.3, -0.25) is 4.79 Å². The Kier molecular flexibility index (Phi) is 20.8. The van der Waals surface area contributed by atoms with Crippen LogP contribution in [0.2, 0.25) is 0 Å². The van der Waals surface area contributed by atoms with Gasteiger partial charge in [-0.2, -0.15) is 5.10 Å². The molecule has 4 aromatic rings. The van der Waals surface area contributed by atoms with Gasteiger partial charge in [-0.25, -0.2) is 19.6 Å². The molecule has 0 aliphatic rings. The maximum absolute atomic E-state index is 12.3. The Morgan fingerprint density at radius 3 is 1.83 bits per heavy atom. The molecule has 0 aliphatic heterocycles. The van der Waals surface area contributed by atoms with Crippen LogP contribution in [0.5, 0.6) is 0 Å². The molecule has 0 aromatic carbocycles. The van der Waals surface area contributed by atoms with Gasteiger partial charge in [0.2, 0.25) is 0 Å². The van der Waals surface area contributed by atoms with Gasteiger partial charge in [-0.1, -0.05) is 6.42 Å². The van der Waals surface area contributed by atoms with Crippen molar-refractivity contribution < 1.29 is 42.7 Å². The van der Waals surface area contributed by atoms with Crippen LogP contribution in [-0.2, 0) is 49.2 Å². The number of ether oxygens (including phenoxy) is 8. The lowest BCUT2D eigenvalue weighted by molar-refractivity contribution is -0.120. The zero-order valence-corrected chi connectivity index (χ0v) is 30.7. The Morgan fingerprint density at radius 1 is 0.679 bits per heavy atom. The van der Waals surface area contributed by atoms with E-state index in [1.165, 1.54) is 6.33 Å². The minimum Gasteiger partial charge on any atom is -0.383 e. The molecule has 4 heterocycles. The summed E-state index contributed by atoms with van der Waals surface area (Å²) in [6.45, 7) is 9.03. The van der Waals surface area contributed by atoms with Gasteiger partial charge in [0.1, 0.15) is 29.3 Å². The first-order valence-electron chi connectivity index (χ1n) is 18.4. The van der Waals surface area contributed by atoms with E-state index in [2.05, 4.69) is 19.9 Å². The Bertz CT molecular complexity index is 1570. The Hall–Kier alpha value is -3.65. The second-order valence-corrected chi connectivity index (χ2v) is 12.0. The first-order valence-corrected chi connectivity index (χ1v) is 18.4.